The molecule has 2 aliphatic heterocycles. The first-order valence-corrected chi connectivity index (χ1v) is 9.96. The highest BCUT2D eigenvalue weighted by Gasteiger charge is 2.35. The van der Waals surface area contributed by atoms with Crippen molar-refractivity contribution in [2.45, 2.75) is 26.0 Å². The Bertz CT molecular complexity index is 986. The molecule has 0 spiro atoms. The summed E-state index contributed by atoms with van der Waals surface area (Å²) in [6.07, 6.45) is 0.871. The summed E-state index contributed by atoms with van der Waals surface area (Å²) in [6.45, 7) is 3.72. The summed E-state index contributed by atoms with van der Waals surface area (Å²) in [7, 11) is 4.66. The Morgan fingerprint density at radius 2 is 2.06 bits per heavy atom. The van der Waals surface area contributed by atoms with Gasteiger partial charge in [0.05, 0.1) is 18.0 Å². The average molecular weight is 430 g/mol. The maximum absolute atomic E-state index is 13.7. The first-order chi connectivity index (χ1) is 14.6. The number of carbonyl (C=O) groups excluding carboxylic acids is 3. The van der Waals surface area contributed by atoms with Crippen molar-refractivity contribution >= 4 is 29.0 Å². The number of anilines is 1. The van der Waals surface area contributed by atoms with Crippen LogP contribution in [0.2, 0.25) is 0 Å². The molecule has 0 radical (unpaired) electrons. The van der Waals surface area contributed by atoms with Gasteiger partial charge < -0.3 is 25.6 Å². The van der Waals surface area contributed by atoms with E-state index < -0.39 is 17.8 Å². The second-order valence-electron chi connectivity index (χ2n) is 7.91. The van der Waals surface area contributed by atoms with Gasteiger partial charge in [-0.25, -0.2) is 4.39 Å². The second-order valence-corrected chi connectivity index (χ2v) is 7.91. The Morgan fingerprint density at radius 3 is 2.71 bits per heavy atom. The molecule has 166 valence electrons. The zero-order valence-electron chi connectivity index (χ0n) is 18.2. The van der Waals surface area contributed by atoms with E-state index in [9.17, 15) is 18.8 Å². The minimum absolute atomic E-state index is 0.0499. The van der Waals surface area contributed by atoms with Crippen LogP contribution in [0.3, 0.4) is 0 Å². The number of nitrogens with one attached hydrogen (secondary N) is 3. The van der Waals surface area contributed by atoms with Crippen LogP contribution in [0.5, 0.6) is 0 Å². The van der Waals surface area contributed by atoms with Gasteiger partial charge in [0.25, 0.3) is 11.8 Å². The molecular formula is C22H27FN4O4. The van der Waals surface area contributed by atoms with Crippen molar-refractivity contribution in [1.82, 2.24) is 15.5 Å². The number of hydrogen-bond donors (Lipinski definition) is 3. The molecule has 0 fully saturated rings. The summed E-state index contributed by atoms with van der Waals surface area (Å²) in [4.78, 5) is 38.7. The molecular weight excluding hydrogens is 403 g/mol. The van der Waals surface area contributed by atoms with Crippen LogP contribution >= 0.6 is 0 Å². The maximum atomic E-state index is 13.7. The summed E-state index contributed by atoms with van der Waals surface area (Å²) < 4.78 is 18.9. The van der Waals surface area contributed by atoms with E-state index in [1.165, 1.54) is 30.2 Å². The molecule has 3 atom stereocenters. The smallest absolute Gasteiger partial charge is 0.256 e. The third kappa shape index (κ3) is 4.46. The second kappa shape index (κ2) is 8.89. The number of methoxy groups -OCH3 is 1. The molecule has 3 N–H and O–H groups in total. The molecule has 3 amide bonds. The first-order valence-electron chi connectivity index (χ1n) is 9.96. The van der Waals surface area contributed by atoms with E-state index in [2.05, 4.69) is 16.0 Å². The molecule has 1 aromatic carbocycles. The molecule has 2 heterocycles. The molecule has 1 aromatic rings. The number of carbonyl (C=O) groups is 3. The fraction of sp³-hybridized carbons (Fsp3) is 0.409. The molecule has 8 nitrogen and oxygen atoms in total. The highest BCUT2D eigenvalue weighted by atomic mass is 19.1. The van der Waals surface area contributed by atoms with Gasteiger partial charge in [-0.3, -0.25) is 14.4 Å². The van der Waals surface area contributed by atoms with Gasteiger partial charge in [0, 0.05) is 44.2 Å². The number of allylic oxidation sites excluding steroid dienone is 1. The van der Waals surface area contributed by atoms with Crippen LogP contribution in [0.15, 0.2) is 35.5 Å². The molecule has 0 saturated carbocycles. The number of fused-ring (bicyclic) bond motifs is 1. The van der Waals surface area contributed by atoms with Crippen molar-refractivity contribution in [3.63, 3.8) is 0 Å². The van der Waals surface area contributed by atoms with Crippen molar-refractivity contribution < 1.29 is 23.5 Å². The van der Waals surface area contributed by atoms with E-state index in [-0.39, 0.29) is 30.3 Å². The largest absolute Gasteiger partial charge is 0.381 e. The van der Waals surface area contributed by atoms with Gasteiger partial charge in [0.15, 0.2) is 6.10 Å². The van der Waals surface area contributed by atoms with Crippen molar-refractivity contribution in [3.05, 3.63) is 46.9 Å². The SMILES string of the molecule is COC(CNC(=O)[C@@H]1C(C)=C(/C=C2\C(=O)Nc3ccc(F)cc32)NC1C)C(=O)N(C)C. The molecule has 2 aliphatic rings. The Labute approximate surface area is 180 Å². The molecule has 31 heavy (non-hydrogen) atoms. The van der Waals surface area contributed by atoms with E-state index in [0.29, 0.717) is 22.5 Å². The van der Waals surface area contributed by atoms with Gasteiger partial charge in [-0.2, -0.15) is 0 Å². The number of halogens is 1. The Morgan fingerprint density at radius 1 is 1.35 bits per heavy atom. The lowest BCUT2D eigenvalue weighted by molar-refractivity contribution is -0.139. The molecule has 0 bridgehead atoms. The summed E-state index contributed by atoms with van der Waals surface area (Å²) >= 11 is 0. The van der Waals surface area contributed by atoms with Crippen LogP contribution in [-0.2, 0) is 19.1 Å². The number of hydrogen-bond acceptors (Lipinski definition) is 5. The number of benzene rings is 1. The van der Waals surface area contributed by atoms with Crippen LogP contribution in [0.25, 0.3) is 5.57 Å². The Hall–Kier alpha value is -3.20. The molecule has 9 heteroatoms. The zero-order chi connectivity index (χ0) is 22.9. The quantitative estimate of drug-likeness (QED) is 0.590. The van der Waals surface area contributed by atoms with Crippen LogP contribution in [0, 0.1) is 11.7 Å². The highest BCUT2D eigenvalue weighted by Crippen LogP contribution is 2.35. The summed E-state index contributed by atoms with van der Waals surface area (Å²) in [5, 5.41) is 8.73. The van der Waals surface area contributed by atoms with Gasteiger partial charge in [0.2, 0.25) is 5.91 Å². The normalized spacial score (nSPS) is 22.1. The fourth-order valence-corrected chi connectivity index (χ4v) is 3.87. The zero-order valence-corrected chi connectivity index (χ0v) is 18.2. The predicted octanol–water partition coefficient (Wildman–Crippen LogP) is 1.26. The number of likely N-dealkylation sites (N-methyl/N-ethyl adjacent to an activating group) is 1. The Balaban J connectivity index is 1.79. The number of ether oxygens (including phenoxy) is 1. The summed E-state index contributed by atoms with van der Waals surface area (Å²) in [6, 6.07) is 3.89. The lowest BCUT2D eigenvalue weighted by Gasteiger charge is -2.22. The van der Waals surface area contributed by atoms with E-state index in [0.717, 1.165) is 5.57 Å². The number of rotatable bonds is 6. The summed E-state index contributed by atoms with van der Waals surface area (Å²) in [5.74, 6) is -1.74. The highest BCUT2D eigenvalue weighted by molar-refractivity contribution is 6.31. The van der Waals surface area contributed by atoms with Gasteiger partial charge in [0.1, 0.15) is 5.82 Å². The van der Waals surface area contributed by atoms with Gasteiger partial charge >= 0.3 is 0 Å². The topological polar surface area (TPSA) is 99.8 Å². The van der Waals surface area contributed by atoms with Crippen molar-refractivity contribution in [2.75, 3.05) is 33.1 Å². The number of amides is 3. The fourth-order valence-electron chi connectivity index (χ4n) is 3.87. The van der Waals surface area contributed by atoms with Crippen molar-refractivity contribution in [3.8, 4) is 0 Å². The van der Waals surface area contributed by atoms with Crippen LogP contribution in [0.1, 0.15) is 19.4 Å². The first kappa shape index (κ1) is 22.5. The van der Waals surface area contributed by atoms with Gasteiger partial charge in [-0.15, -0.1) is 0 Å². The lowest BCUT2D eigenvalue weighted by Crippen LogP contribution is -2.46. The molecule has 0 aliphatic carbocycles. The van der Waals surface area contributed by atoms with Crippen LogP contribution in [-0.4, -0.2) is 62.5 Å². The monoisotopic (exact) mass is 430 g/mol. The summed E-state index contributed by atoms with van der Waals surface area (Å²) in [5.41, 5.74) is 2.76. The third-order valence-corrected chi connectivity index (χ3v) is 5.57. The van der Waals surface area contributed by atoms with E-state index in [1.807, 2.05) is 13.8 Å². The Kier molecular flexibility index (Phi) is 6.45. The molecule has 0 saturated heterocycles. The third-order valence-electron chi connectivity index (χ3n) is 5.57. The van der Waals surface area contributed by atoms with E-state index >= 15 is 0 Å². The van der Waals surface area contributed by atoms with Crippen LogP contribution < -0.4 is 16.0 Å². The van der Waals surface area contributed by atoms with Crippen molar-refractivity contribution in [1.29, 1.82) is 0 Å². The minimum Gasteiger partial charge on any atom is -0.381 e. The van der Waals surface area contributed by atoms with Crippen molar-refractivity contribution in [2.24, 2.45) is 5.92 Å². The van der Waals surface area contributed by atoms with E-state index in [4.69, 9.17) is 4.74 Å². The van der Waals surface area contributed by atoms with Gasteiger partial charge in [-0.05, 0) is 43.7 Å². The maximum Gasteiger partial charge on any atom is 0.256 e. The number of nitrogens with zero attached hydrogens (tertiary/aromatic N) is 1. The van der Waals surface area contributed by atoms with E-state index in [1.54, 1.807) is 20.2 Å². The van der Waals surface area contributed by atoms with Gasteiger partial charge in [-0.1, -0.05) is 0 Å². The minimum atomic E-state index is -0.775. The predicted molar refractivity (Wildman–Crippen MR) is 114 cm³/mol. The van der Waals surface area contributed by atoms with Crippen LogP contribution in [0.4, 0.5) is 10.1 Å². The molecule has 3 rings (SSSR count). The lowest BCUT2D eigenvalue weighted by atomic mass is 9.94. The molecule has 0 aromatic heterocycles. The average Bonchev–Trinajstić information content (AvgIpc) is 3.17. The molecule has 2 unspecified atom stereocenters. The standard InChI is InChI=1S/C22H27FN4O4/c1-11-17(9-15-14-8-13(23)6-7-16(14)26-20(15)28)25-12(2)19(11)21(29)24-10-18(31-5)22(30)27(3)4/h6-9,12,18-19,25H,10H2,1-5H3,(H,24,29)(H,26,28)/b15-9-/t12?,18?,19-/m1/s1.